The van der Waals surface area contributed by atoms with E-state index in [-0.39, 0.29) is 17.7 Å². The quantitative estimate of drug-likeness (QED) is 0.805. The molecule has 3 N–H and O–H groups in total. The van der Waals surface area contributed by atoms with Gasteiger partial charge < -0.3 is 10.2 Å². The lowest BCUT2D eigenvalue weighted by Gasteiger charge is -2.28. The fourth-order valence-electron chi connectivity index (χ4n) is 2.74. The zero-order valence-corrected chi connectivity index (χ0v) is 13.6. The molecule has 1 unspecified atom stereocenters. The zero-order chi connectivity index (χ0) is 16.2. The number of nitrogens with one attached hydrogen (secondary N) is 1. The maximum absolute atomic E-state index is 12.7. The summed E-state index contributed by atoms with van der Waals surface area (Å²) in [5.74, 6) is -0.218. The van der Waals surface area contributed by atoms with Crippen LogP contribution in [0.2, 0.25) is 0 Å². The van der Waals surface area contributed by atoms with Crippen molar-refractivity contribution in [1.29, 1.82) is 0 Å². The number of nitrogens with zero attached hydrogens (tertiary/aromatic N) is 1. The number of hydrogen-bond acceptors (Lipinski definition) is 4. The molecule has 1 aliphatic heterocycles. The molecule has 1 aliphatic rings. The molecule has 1 aromatic rings. The lowest BCUT2D eigenvalue weighted by molar-refractivity contribution is 0.0692. The van der Waals surface area contributed by atoms with Gasteiger partial charge in [-0.3, -0.25) is 4.79 Å². The summed E-state index contributed by atoms with van der Waals surface area (Å²) < 4.78 is 22.2. The van der Waals surface area contributed by atoms with Crippen LogP contribution in [0.3, 0.4) is 0 Å². The summed E-state index contributed by atoms with van der Waals surface area (Å²) in [5, 5.41) is 8.30. The van der Waals surface area contributed by atoms with Crippen molar-refractivity contribution in [3.8, 4) is 0 Å². The molecule has 1 aromatic carbocycles. The number of carbonyl (C=O) groups excluding carboxylic acids is 1. The summed E-state index contributed by atoms with van der Waals surface area (Å²) in [6.07, 6.45) is 1.88. The normalized spacial score (nSPS) is 18.4. The second-order valence-corrected chi connectivity index (χ2v) is 7.26. The minimum Gasteiger partial charge on any atom is -0.334 e. The Labute approximate surface area is 131 Å². The molecular formula is C15H23N3O3S. The van der Waals surface area contributed by atoms with Crippen LogP contribution in [0.5, 0.6) is 0 Å². The highest BCUT2D eigenvalue weighted by Crippen LogP contribution is 2.15. The smallest absolute Gasteiger partial charge is 0.254 e. The van der Waals surface area contributed by atoms with Gasteiger partial charge in [0, 0.05) is 24.7 Å². The van der Waals surface area contributed by atoms with Crippen LogP contribution in [-0.4, -0.2) is 44.9 Å². The maximum atomic E-state index is 12.7. The van der Waals surface area contributed by atoms with Gasteiger partial charge in [0.15, 0.2) is 0 Å². The van der Waals surface area contributed by atoms with E-state index in [1.165, 1.54) is 0 Å². The van der Waals surface area contributed by atoms with E-state index in [4.69, 9.17) is 5.14 Å². The summed E-state index contributed by atoms with van der Waals surface area (Å²) in [7, 11) is -3.55. The molecule has 6 nitrogen and oxygen atoms in total. The molecule has 0 spiro atoms. The highest BCUT2D eigenvalue weighted by Gasteiger charge is 2.26. The third kappa shape index (κ3) is 4.53. The monoisotopic (exact) mass is 325 g/mol. The first kappa shape index (κ1) is 16.9. The van der Waals surface area contributed by atoms with E-state index in [1.54, 1.807) is 24.3 Å². The molecule has 7 heteroatoms. The Morgan fingerprint density at radius 1 is 1.36 bits per heavy atom. The summed E-state index contributed by atoms with van der Waals surface area (Å²) in [6, 6.07) is 6.88. The fourth-order valence-corrected chi connectivity index (χ4v) is 3.40. The van der Waals surface area contributed by atoms with Gasteiger partial charge in [0.1, 0.15) is 0 Å². The fraction of sp³-hybridized carbons (Fsp3) is 0.533. The first-order valence-corrected chi connectivity index (χ1v) is 9.23. The first-order chi connectivity index (χ1) is 10.4. The summed E-state index contributed by atoms with van der Waals surface area (Å²) in [4.78, 5) is 14.6. The molecule has 122 valence electrons. The Hall–Kier alpha value is -1.44. The van der Waals surface area contributed by atoms with Crippen molar-refractivity contribution in [2.75, 3.05) is 19.6 Å². The predicted molar refractivity (Wildman–Crippen MR) is 85.9 cm³/mol. The van der Waals surface area contributed by atoms with E-state index in [1.807, 2.05) is 4.90 Å². The second-order valence-electron chi connectivity index (χ2n) is 5.65. The van der Waals surface area contributed by atoms with E-state index < -0.39 is 10.0 Å². The van der Waals surface area contributed by atoms with Crippen molar-refractivity contribution in [2.45, 2.75) is 31.6 Å². The minimum atomic E-state index is -3.55. The number of nitrogens with two attached hydrogens (primary N) is 1. The minimum absolute atomic E-state index is 0.00212. The topological polar surface area (TPSA) is 92.5 Å². The van der Waals surface area contributed by atoms with Gasteiger partial charge in [-0.15, -0.1) is 0 Å². The molecule has 1 atom stereocenters. The number of hydrogen-bond donors (Lipinski definition) is 2. The number of rotatable bonds is 6. The molecule has 1 heterocycles. The van der Waals surface area contributed by atoms with E-state index >= 15 is 0 Å². The molecular weight excluding hydrogens is 302 g/mol. The van der Waals surface area contributed by atoms with Crippen molar-refractivity contribution in [3.05, 3.63) is 35.4 Å². The first-order valence-electron chi connectivity index (χ1n) is 7.52. The van der Waals surface area contributed by atoms with Crippen molar-refractivity contribution in [2.24, 2.45) is 5.14 Å². The lowest BCUT2D eigenvalue weighted by atomic mass is 10.1. The third-order valence-electron chi connectivity index (χ3n) is 3.77. The van der Waals surface area contributed by atoms with Crippen LogP contribution in [0.1, 0.15) is 35.7 Å². The Kier molecular flexibility index (Phi) is 5.55. The highest BCUT2D eigenvalue weighted by molar-refractivity contribution is 7.88. The number of primary sulfonamides is 1. The molecule has 22 heavy (non-hydrogen) atoms. The largest absolute Gasteiger partial charge is 0.334 e. The average molecular weight is 325 g/mol. The molecule has 0 saturated carbocycles. The van der Waals surface area contributed by atoms with E-state index in [0.29, 0.717) is 11.1 Å². The van der Waals surface area contributed by atoms with E-state index in [2.05, 4.69) is 12.2 Å². The highest BCUT2D eigenvalue weighted by atomic mass is 32.2. The number of amides is 1. The van der Waals surface area contributed by atoms with Gasteiger partial charge in [0.25, 0.3) is 5.91 Å². The summed E-state index contributed by atoms with van der Waals surface area (Å²) in [5.41, 5.74) is 1.17. The summed E-state index contributed by atoms with van der Waals surface area (Å²) in [6.45, 7) is 4.54. The van der Waals surface area contributed by atoms with Crippen molar-refractivity contribution >= 4 is 15.9 Å². The number of benzene rings is 1. The molecule has 0 bridgehead atoms. The molecule has 1 amide bonds. The van der Waals surface area contributed by atoms with Crippen LogP contribution >= 0.6 is 0 Å². The molecule has 1 saturated heterocycles. The van der Waals surface area contributed by atoms with E-state index in [9.17, 15) is 13.2 Å². The maximum Gasteiger partial charge on any atom is 0.254 e. The van der Waals surface area contributed by atoms with Crippen LogP contribution in [-0.2, 0) is 15.8 Å². The Morgan fingerprint density at radius 2 is 2.05 bits per heavy atom. The third-order valence-corrected chi connectivity index (χ3v) is 4.50. The number of carbonyl (C=O) groups is 1. The molecule has 0 aliphatic carbocycles. The standard InChI is InChI=1S/C15H23N3O3S/c1-2-9-18(14-7-8-17-10-14)15(19)13-5-3-12(4-6-13)11-22(16,20)21/h3-6,14,17H,2,7-11H2,1H3,(H2,16,20,21). The second kappa shape index (κ2) is 7.21. The zero-order valence-electron chi connectivity index (χ0n) is 12.8. The van der Waals surface area contributed by atoms with Gasteiger partial charge in [-0.05, 0) is 37.1 Å². The Bertz CT molecular complexity index is 607. The lowest BCUT2D eigenvalue weighted by Crippen LogP contribution is -2.42. The molecule has 1 fully saturated rings. The Morgan fingerprint density at radius 3 is 2.55 bits per heavy atom. The molecule has 0 radical (unpaired) electrons. The summed E-state index contributed by atoms with van der Waals surface area (Å²) >= 11 is 0. The average Bonchev–Trinajstić information content (AvgIpc) is 2.97. The van der Waals surface area contributed by atoms with Gasteiger partial charge in [-0.1, -0.05) is 19.1 Å². The molecule has 2 rings (SSSR count). The van der Waals surface area contributed by atoms with Crippen LogP contribution in [0.15, 0.2) is 24.3 Å². The van der Waals surface area contributed by atoms with Gasteiger partial charge in [0.2, 0.25) is 10.0 Å². The van der Waals surface area contributed by atoms with Gasteiger partial charge in [-0.25, -0.2) is 13.6 Å². The van der Waals surface area contributed by atoms with Gasteiger partial charge in [0.05, 0.1) is 5.75 Å². The van der Waals surface area contributed by atoms with Crippen LogP contribution in [0.25, 0.3) is 0 Å². The molecule has 0 aromatic heterocycles. The Balaban J connectivity index is 2.12. The van der Waals surface area contributed by atoms with E-state index in [0.717, 1.165) is 32.5 Å². The van der Waals surface area contributed by atoms with Crippen LogP contribution in [0.4, 0.5) is 0 Å². The predicted octanol–water partition coefficient (Wildman–Crippen LogP) is 0.689. The van der Waals surface area contributed by atoms with Crippen molar-refractivity contribution in [3.63, 3.8) is 0 Å². The van der Waals surface area contributed by atoms with Crippen molar-refractivity contribution in [1.82, 2.24) is 10.2 Å². The number of sulfonamides is 1. The van der Waals surface area contributed by atoms with Gasteiger partial charge >= 0.3 is 0 Å². The van der Waals surface area contributed by atoms with Gasteiger partial charge in [-0.2, -0.15) is 0 Å². The van der Waals surface area contributed by atoms with Crippen LogP contribution < -0.4 is 10.5 Å². The SMILES string of the molecule is CCCN(C(=O)c1ccc(CS(N)(=O)=O)cc1)C1CCNC1. The van der Waals surface area contributed by atoms with Crippen molar-refractivity contribution < 1.29 is 13.2 Å². The van der Waals surface area contributed by atoms with Crippen LogP contribution in [0, 0.1) is 0 Å².